The molecule has 1 aromatic rings. The molecule has 0 amide bonds. The van der Waals surface area contributed by atoms with Crippen molar-refractivity contribution in [2.75, 3.05) is 0 Å². The lowest BCUT2D eigenvalue weighted by molar-refractivity contribution is -0.137. The van der Waals surface area contributed by atoms with Crippen LogP contribution in [0.2, 0.25) is 0 Å². The second-order valence-electron chi connectivity index (χ2n) is 3.67. The summed E-state index contributed by atoms with van der Waals surface area (Å²) in [5.74, 6) is -0.664. The molecule has 0 saturated carbocycles. The van der Waals surface area contributed by atoms with E-state index in [2.05, 4.69) is 15.9 Å². The van der Waals surface area contributed by atoms with Crippen LogP contribution in [0.3, 0.4) is 0 Å². The maximum absolute atomic E-state index is 10.4. The Balaban J connectivity index is 2.58. The number of hydrogen-bond acceptors (Lipinski definition) is 3. The van der Waals surface area contributed by atoms with Gasteiger partial charge in [0.25, 0.3) is 0 Å². The first kappa shape index (κ1) is 13.0. The predicted molar refractivity (Wildman–Crippen MR) is 64.4 cm³/mol. The number of carboxylic acids is 1. The van der Waals surface area contributed by atoms with E-state index in [-0.39, 0.29) is 18.2 Å². The molecule has 1 aromatic carbocycles. The Morgan fingerprint density at radius 1 is 1.50 bits per heavy atom. The zero-order chi connectivity index (χ0) is 12.1. The van der Waals surface area contributed by atoms with Crippen LogP contribution in [0.15, 0.2) is 22.7 Å². The van der Waals surface area contributed by atoms with Gasteiger partial charge in [0.15, 0.2) is 0 Å². The number of phenols is 1. The molecule has 0 fully saturated rings. The summed E-state index contributed by atoms with van der Waals surface area (Å²) in [6.07, 6.45) is 0.926. The Morgan fingerprint density at radius 2 is 2.19 bits per heavy atom. The molecule has 0 aliphatic rings. The molecule has 88 valence electrons. The molecule has 0 saturated heterocycles. The largest absolute Gasteiger partial charge is 0.508 e. The quantitative estimate of drug-likeness (QED) is 0.772. The average molecular weight is 288 g/mol. The number of aliphatic carboxylic acids is 1. The smallest absolute Gasteiger partial charge is 0.303 e. The molecule has 16 heavy (non-hydrogen) atoms. The van der Waals surface area contributed by atoms with E-state index in [9.17, 15) is 9.90 Å². The molecular formula is C11H14BrNO3. The predicted octanol–water partition coefficient (Wildman–Crippen LogP) is 1.89. The molecule has 0 radical (unpaired) electrons. The first-order valence-corrected chi connectivity index (χ1v) is 5.73. The van der Waals surface area contributed by atoms with E-state index in [4.69, 9.17) is 10.8 Å². The lowest BCUT2D eigenvalue weighted by atomic mass is 10.0. The second kappa shape index (κ2) is 5.86. The van der Waals surface area contributed by atoms with E-state index in [1.54, 1.807) is 18.2 Å². The van der Waals surface area contributed by atoms with Crippen molar-refractivity contribution in [2.45, 2.75) is 25.3 Å². The van der Waals surface area contributed by atoms with Crippen LogP contribution in [0.25, 0.3) is 0 Å². The van der Waals surface area contributed by atoms with Gasteiger partial charge in [-0.25, -0.2) is 0 Å². The van der Waals surface area contributed by atoms with Crippen molar-refractivity contribution in [3.05, 3.63) is 28.2 Å². The maximum atomic E-state index is 10.4. The fraction of sp³-hybridized carbons (Fsp3) is 0.364. The highest BCUT2D eigenvalue weighted by Crippen LogP contribution is 2.23. The third-order valence-corrected chi connectivity index (χ3v) is 2.75. The van der Waals surface area contributed by atoms with E-state index in [1.807, 2.05) is 0 Å². The van der Waals surface area contributed by atoms with Crippen LogP contribution in [-0.2, 0) is 11.2 Å². The number of carbonyl (C=O) groups is 1. The Bertz CT molecular complexity index is 381. The topological polar surface area (TPSA) is 83.6 Å². The van der Waals surface area contributed by atoms with Gasteiger partial charge in [-0.05, 0) is 36.6 Å². The fourth-order valence-electron chi connectivity index (χ4n) is 1.41. The zero-order valence-electron chi connectivity index (χ0n) is 8.69. The summed E-state index contributed by atoms with van der Waals surface area (Å²) < 4.78 is 0.866. The van der Waals surface area contributed by atoms with Gasteiger partial charge in [0.2, 0.25) is 0 Å². The minimum absolute atomic E-state index is 0.0515. The summed E-state index contributed by atoms with van der Waals surface area (Å²) in [5.41, 5.74) is 6.51. The number of rotatable bonds is 5. The number of aromatic hydroxyl groups is 1. The van der Waals surface area contributed by atoms with Crippen LogP contribution in [-0.4, -0.2) is 22.2 Å². The number of hydrogen-bond donors (Lipinski definition) is 3. The van der Waals surface area contributed by atoms with Gasteiger partial charge in [0.05, 0.1) is 0 Å². The van der Waals surface area contributed by atoms with E-state index < -0.39 is 5.97 Å². The van der Waals surface area contributed by atoms with Gasteiger partial charge >= 0.3 is 5.97 Å². The van der Waals surface area contributed by atoms with Gasteiger partial charge in [-0.2, -0.15) is 0 Å². The van der Waals surface area contributed by atoms with E-state index in [0.29, 0.717) is 12.8 Å². The summed E-state index contributed by atoms with van der Waals surface area (Å²) in [7, 11) is 0. The molecule has 5 heteroatoms. The van der Waals surface area contributed by atoms with Crippen molar-refractivity contribution in [3.63, 3.8) is 0 Å². The summed E-state index contributed by atoms with van der Waals surface area (Å²) in [4.78, 5) is 10.4. The number of benzene rings is 1. The molecule has 0 spiro atoms. The van der Waals surface area contributed by atoms with Crippen molar-refractivity contribution in [1.82, 2.24) is 0 Å². The average Bonchev–Trinajstić information content (AvgIpc) is 2.20. The van der Waals surface area contributed by atoms with E-state index in [1.165, 1.54) is 0 Å². The molecule has 0 aromatic heterocycles. The molecule has 4 nitrogen and oxygen atoms in total. The summed E-state index contributed by atoms with van der Waals surface area (Å²) >= 11 is 3.30. The van der Waals surface area contributed by atoms with Crippen molar-refractivity contribution >= 4 is 21.9 Å². The number of nitrogens with two attached hydrogens (primary N) is 1. The minimum atomic E-state index is -0.853. The van der Waals surface area contributed by atoms with Crippen LogP contribution in [0.1, 0.15) is 18.4 Å². The van der Waals surface area contributed by atoms with E-state index >= 15 is 0 Å². The first-order chi connectivity index (χ1) is 7.49. The number of phenolic OH excluding ortho intramolecular Hbond substituents is 1. The maximum Gasteiger partial charge on any atom is 0.303 e. The monoisotopic (exact) mass is 287 g/mol. The Kier molecular flexibility index (Phi) is 4.76. The van der Waals surface area contributed by atoms with Crippen LogP contribution in [0.5, 0.6) is 5.75 Å². The van der Waals surface area contributed by atoms with Gasteiger partial charge in [-0.3, -0.25) is 4.79 Å². The zero-order valence-corrected chi connectivity index (χ0v) is 10.3. The molecule has 1 rings (SSSR count). The van der Waals surface area contributed by atoms with Crippen LogP contribution in [0.4, 0.5) is 0 Å². The Hall–Kier alpha value is -1.07. The SMILES string of the molecule is NC(CCC(=O)O)Cc1cc(Br)ccc1O. The van der Waals surface area contributed by atoms with Gasteiger partial charge in [0.1, 0.15) is 5.75 Å². The lowest BCUT2D eigenvalue weighted by Crippen LogP contribution is -2.23. The van der Waals surface area contributed by atoms with Crippen LogP contribution >= 0.6 is 15.9 Å². The third kappa shape index (κ3) is 4.20. The number of carboxylic acid groups (broad SMARTS) is 1. The Morgan fingerprint density at radius 3 is 2.81 bits per heavy atom. The third-order valence-electron chi connectivity index (χ3n) is 2.25. The molecule has 0 aliphatic carbocycles. The van der Waals surface area contributed by atoms with Gasteiger partial charge in [0, 0.05) is 16.9 Å². The standard InChI is InChI=1S/C11H14BrNO3/c12-8-1-3-10(14)7(5-8)6-9(13)2-4-11(15)16/h1,3,5,9,14H,2,4,6,13H2,(H,15,16). The van der Waals surface area contributed by atoms with Crippen molar-refractivity contribution in [2.24, 2.45) is 5.73 Å². The van der Waals surface area contributed by atoms with Crippen molar-refractivity contribution in [1.29, 1.82) is 0 Å². The van der Waals surface area contributed by atoms with Crippen LogP contribution < -0.4 is 5.73 Å². The normalized spacial score (nSPS) is 12.4. The molecule has 4 N–H and O–H groups in total. The molecular weight excluding hydrogens is 274 g/mol. The highest BCUT2D eigenvalue weighted by molar-refractivity contribution is 9.10. The molecule has 1 atom stereocenters. The van der Waals surface area contributed by atoms with E-state index in [0.717, 1.165) is 10.0 Å². The van der Waals surface area contributed by atoms with Crippen molar-refractivity contribution in [3.8, 4) is 5.75 Å². The highest BCUT2D eigenvalue weighted by atomic mass is 79.9. The Labute approximate surface area is 102 Å². The summed E-state index contributed by atoms with van der Waals surface area (Å²) in [5, 5.41) is 18.1. The van der Waals surface area contributed by atoms with Crippen molar-refractivity contribution < 1.29 is 15.0 Å². The first-order valence-electron chi connectivity index (χ1n) is 4.94. The molecule has 1 unspecified atom stereocenters. The summed E-state index contributed by atoms with van der Waals surface area (Å²) in [6, 6.07) is 4.86. The van der Waals surface area contributed by atoms with Gasteiger partial charge in [-0.1, -0.05) is 15.9 Å². The second-order valence-corrected chi connectivity index (χ2v) is 4.59. The highest BCUT2D eigenvalue weighted by Gasteiger charge is 2.10. The molecule has 0 bridgehead atoms. The lowest BCUT2D eigenvalue weighted by Gasteiger charge is -2.11. The van der Waals surface area contributed by atoms with Gasteiger partial charge < -0.3 is 15.9 Å². The fourth-order valence-corrected chi connectivity index (χ4v) is 1.82. The molecule has 0 aliphatic heterocycles. The van der Waals surface area contributed by atoms with Gasteiger partial charge in [-0.15, -0.1) is 0 Å². The number of halogens is 1. The van der Waals surface area contributed by atoms with Crippen LogP contribution in [0, 0.1) is 0 Å². The minimum Gasteiger partial charge on any atom is -0.508 e. The summed E-state index contributed by atoms with van der Waals surface area (Å²) in [6.45, 7) is 0. The molecule has 0 heterocycles.